The number of nitrogens with zero attached hydrogens (tertiary/aromatic N) is 1. The van der Waals surface area contributed by atoms with E-state index >= 15 is 0 Å². The highest BCUT2D eigenvalue weighted by atomic mass is 32.2. The molecule has 0 bridgehead atoms. The van der Waals surface area contributed by atoms with E-state index in [0.29, 0.717) is 17.2 Å². The maximum Gasteiger partial charge on any atom is 0.118 e. The third kappa shape index (κ3) is 4.54. The summed E-state index contributed by atoms with van der Waals surface area (Å²) in [6, 6.07) is 2.83. The highest BCUT2D eigenvalue weighted by molar-refractivity contribution is 8.00. The van der Waals surface area contributed by atoms with Crippen LogP contribution >= 0.6 is 11.8 Å². The molecule has 2 heterocycles. The van der Waals surface area contributed by atoms with Crippen LogP contribution in [0.4, 0.5) is 0 Å². The van der Waals surface area contributed by atoms with E-state index < -0.39 is 0 Å². The maximum atomic E-state index is 5.72. The van der Waals surface area contributed by atoms with Crippen LogP contribution in [0.5, 0.6) is 0 Å². The smallest absolute Gasteiger partial charge is 0.118 e. The molecule has 0 amide bonds. The van der Waals surface area contributed by atoms with E-state index in [9.17, 15) is 0 Å². The summed E-state index contributed by atoms with van der Waals surface area (Å²) in [7, 11) is 0. The molecular formula is C16H28N2OS. The van der Waals surface area contributed by atoms with Crippen LogP contribution in [0.25, 0.3) is 0 Å². The van der Waals surface area contributed by atoms with E-state index in [1.165, 1.54) is 11.3 Å². The quantitative estimate of drug-likeness (QED) is 0.871. The van der Waals surface area contributed by atoms with E-state index in [2.05, 4.69) is 55.7 Å². The first kappa shape index (κ1) is 15.9. The van der Waals surface area contributed by atoms with Crippen molar-refractivity contribution in [3.05, 3.63) is 23.7 Å². The maximum absolute atomic E-state index is 5.72. The summed E-state index contributed by atoms with van der Waals surface area (Å²) in [6.07, 6.45) is 1.90. The second-order valence-corrected chi connectivity index (χ2v) is 7.72. The Kier molecular flexibility index (Phi) is 6.00. The first-order valence-corrected chi connectivity index (χ1v) is 8.73. The number of rotatable bonds is 6. The molecule has 1 N–H and O–H groups in total. The van der Waals surface area contributed by atoms with Crippen molar-refractivity contribution in [2.45, 2.75) is 52.1 Å². The topological polar surface area (TPSA) is 28.4 Å². The Bertz CT molecular complexity index is 405. The molecule has 0 radical (unpaired) electrons. The number of furan rings is 1. The number of hydrogen-bond acceptors (Lipinski definition) is 4. The second kappa shape index (κ2) is 7.53. The summed E-state index contributed by atoms with van der Waals surface area (Å²) in [4.78, 5) is 2.53. The molecule has 1 aromatic heterocycles. The van der Waals surface area contributed by atoms with Crippen molar-refractivity contribution in [2.75, 3.05) is 18.8 Å². The molecule has 0 saturated carbocycles. The summed E-state index contributed by atoms with van der Waals surface area (Å²) in [5.74, 6) is 3.02. The fourth-order valence-corrected chi connectivity index (χ4v) is 3.69. The van der Waals surface area contributed by atoms with Crippen molar-refractivity contribution < 1.29 is 4.42 Å². The van der Waals surface area contributed by atoms with Crippen LogP contribution < -0.4 is 5.32 Å². The first-order chi connectivity index (χ1) is 9.56. The zero-order valence-corrected chi connectivity index (χ0v) is 14.0. The molecule has 2 unspecified atom stereocenters. The predicted octanol–water partition coefficient (Wildman–Crippen LogP) is 3.35. The van der Waals surface area contributed by atoms with Gasteiger partial charge in [-0.05, 0) is 25.5 Å². The highest BCUT2D eigenvalue weighted by Gasteiger charge is 2.25. The van der Waals surface area contributed by atoms with Crippen molar-refractivity contribution >= 4 is 11.8 Å². The zero-order valence-electron chi connectivity index (χ0n) is 13.2. The lowest BCUT2D eigenvalue weighted by molar-refractivity contribution is 0.189. The van der Waals surface area contributed by atoms with Gasteiger partial charge in [-0.15, -0.1) is 0 Å². The fourth-order valence-electron chi connectivity index (χ4n) is 2.53. The Morgan fingerprint density at radius 3 is 3.00 bits per heavy atom. The van der Waals surface area contributed by atoms with Gasteiger partial charge in [0.15, 0.2) is 0 Å². The lowest BCUT2D eigenvalue weighted by Crippen LogP contribution is -2.43. The third-order valence-electron chi connectivity index (χ3n) is 3.96. The van der Waals surface area contributed by atoms with E-state index in [-0.39, 0.29) is 0 Å². The molecule has 1 aromatic rings. The molecule has 4 heteroatoms. The van der Waals surface area contributed by atoms with Gasteiger partial charge in [-0.25, -0.2) is 0 Å². The molecule has 1 aliphatic rings. The average Bonchev–Trinajstić information content (AvgIpc) is 2.82. The van der Waals surface area contributed by atoms with E-state index in [4.69, 9.17) is 4.42 Å². The second-order valence-electron chi connectivity index (χ2n) is 6.23. The number of nitrogens with one attached hydrogen (secondary N) is 1. The van der Waals surface area contributed by atoms with Crippen LogP contribution in [0, 0.1) is 5.92 Å². The fraction of sp³-hybridized carbons (Fsp3) is 0.750. The monoisotopic (exact) mass is 296 g/mol. The van der Waals surface area contributed by atoms with Crippen LogP contribution in [-0.4, -0.2) is 35.0 Å². The van der Waals surface area contributed by atoms with Gasteiger partial charge in [-0.3, -0.25) is 4.90 Å². The van der Waals surface area contributed by atoms with Crippen LogP contribution in [0.3, 0.4) is 0 Å². The van der Waals surface area contributed by atoms with E-state index in [1.807, 2.05) is 6.26 Å². The molecule has 3 nitrogen and oxygen atoms in total. The molecule has 2 rings (SSSR count). The zero-order chi connectivity index (χ0) is 14.5. The van der Waals surface area contributed by atoms with Crippen LogP contribution in [0.2, 0.25) is 0 Å². The molecule has 0 aliphatic carbocycles. The highest BCUT2D eigenvalue weighted by Crippen LogP contribution is 2.25. The predicted molar refractivity (Wildman–Crippen MR) is 87.0 cm³/mol. The van der Waals surface area contributed by atoms with Crippen LogP contribution in [0.1, 0.15) is 39.0 Å². The first-order valence-electron chi connectivity index (χ1n) is 7.69. The Hall–Kier alpha value is -0.450. The van der Waals surface area contributed by atoms with Gasteiger partial charge >= 0.3 is 0 Å². The Labute approximate surface area is 127 Å². The number of thioether (sulfide) groups is 1. The van der Waals surface area contributed by atoms with Gasteiger partial charge in [-0.1, -0.05) is 20.8 Å². The third-order valence-corrected chi connectivity index (χ3v) is 5.30. The normalized spacial score (nSPS) is 24.4. The lowest BCUT2D eigenvalue weighted by atomic mass is 10.2. The minimum absolute atomic E-state index is 0.626. The molecule has 1 aliphatic heterocycles. The summed E-state index contributed by atoms with van der Waals surface area (Å²) in [5.41, 5.74) is 1.26. The largest absolute Gasteiger partial charge is 0.468 e. The van der Waals surface area contributed by atoms with E-state index in [1.54, 1.807) is 0 Å². The Morgan fingerprint density at radius 1 is 1.45 bits per heavy atom. The average molecular weight is 296 g/mol. The van der Waals surface area contributed by atoms with Gasteiger partial charge in [0.25, 0.3) is 0 Å². The Morgan fingerprint density at radius 2 is 2.25 bits per heavy atom. The minimum Gasteiger partial charge on any atom is -0.468 e. The molecule has 0 aromatic carbocycles. The Balaban J connectivity index is 1.83. The van der Waals surface area contributed by atoms with E-state index in [0.717, 1.165) is 31.9 Å². The summed E-state index contributed by atoms with van der Waals surface area (Å²) in [5, 5.41) is 4.17. The van der Waals surface area contributed by atoms with Gasteiger partial charge in [-0.2, -0.15) is 11.8 Å². The molecule has 114 valence electrons. The van der Waals surface area contributed by atoms with Gasteiger partial charge in [0.05, 0.1) is 12.8 Å². The molecule has 2 atom stereocenters. The molecule has 0 spiro atoms. The van der Waals surface area contributed by atoms with Gasteiger partial charge in [0.1, 0.15) is 5.76 Å². The lowest BCUT2D eigenvalue weighted by Gasteiger charge is -2.36. The van der Waals surface area contributed by atoms with Gasteiger partial charge in [0, 0.05) is 35.7 Å². The summed E-state index contributed by atoms with van der Waals surface area (Å²) in [6.45, 7) is 13.2. The van der Waals surface area contributed by atoms with Crippen LogP contribution in [0.15, 0.2) is 16.7 Å². The molecule has 1 saturated heterocycles. The van der Waals surface area contributed by atoms with Crippen molar-refractivity contribution in [2.24, 2.45) is 5.92 Å². The van der Waals surface area contributed by atoms with Crippen LogP contribution in [-0.2, 0) is 13.1 Å². The van der Waals surface area contributed by atoms with Crippen molar-refractivity contribution in [3.8, 4) is 0 Å². The van der Waals surface area contributed by atoms with Crippen molar-refractivity contribution in [1.29, 1.82) is 0 Å². The molecule has 1 fully saturated rings. The van der Waals surface area contributed by atoms with Crippen molar-refractivity contribution in [1.82, 2.24) is 10.2 Å². The molecule has 20 heavy (non-hydrogen) atoms. The summed E-state index contributed by atoms with van der Waals surface area (Å²) < 4.78 is 5.72. The minimum atomic E-state index is 0.626. The molecular weight excluding hydrogens is 268 g/mol. The van der Waals surface area contributed by atoms with Gasteiger partial charge < -0.3 is 9.73 Å². The standard InChI is InChI=1S/C16H28N2OS/c1-12(2)8-17-9-15-7-16(19-11-15)10-18-5-6-20-14(4)13(18)3/h7,11-14,17H,5-6,8-10H2,1-4H3. The van der Waals surface area contributed by atoms with Crippen molar-refractivity contribution in [3.63, 3.8) is 0 Å². The van der Waals surface area contributed by atoms with Gasteiger partial charge in [0.2, 0.25) is 0 Å². The number of hydrogen-bond donors (Lipinski definition) is 1. The summed E-state index contributed by atoms with van der Waals surface area (Å²) >= 11 is 2.08. The SMILES string of the molecule is CC(C)CNCc1coc(CN2CCSC(C)C2C)c1.